The van der Waals surface area contributed by atoms with Crippen LogP contribution < -0.4 is 0 Å². The first-order valence-corrected chi connectivity index (χ1v) is 7.19. The molecule has 0 spiro atoms. The zero-order valence-corrected chi connectivity index (χ0v) is 11.0. The van der Waals surface area contributed by atoms with E-state index in [-0.39, 0.29) is 12.0 Å². The first-order valence-electron chi connectivity index (χ1n) is 7.19. The van der Waals surface area contributed by atoms with Gasteiger partial charge in [-0.05, 0) is 61.7 Å². The highest BCUT2D eigenvalue weighted by Crippen LogP contribution is 2.61. The van der Waals surface area contributed by atoms with Crippen LogP contribution in [0.5, 0.6) is 0 Å². The van der Waals surface area contributed by atoms with Gasteiger partial charge in [0, 0.05) is 0 Å². The van der Waals surface area contributed by atoms with E-state index in [0.29, 0.717) is 17.8 Å². The molecule has 0 amide bonds. The van der Waals surface area contributed by atoms with Crippen molar-refractivity contribution in [2.24, 2.45) is 23.2 Å². The Kier molecular flexibility index (Phi) is 3.33. The van der Waals surface area contributed by atoms with Crippen LogP contribution in [0.25, 0.3) is 0 Å². The van der Waals surface area contributed by atoms with Gasteiger partial charge < -0.3 is 9.84 Å². The molecule has 4 rings (SSSR count). The standard InChI is InChI=1S/C14H21F3O2/c15-14(16,17)8-19-7-12(18)13-4-9-1-10(5-13)3-11(2-9)6-13/h9-12,18H,1-8H2. The summed E-state index contributed by atoms with van der Waals surface area (Å²) < 4.78 is 40.9. The predicted molar refractivity (Wildman–Crippen MR) is 63.5 cm³/mol. The van der Waals surface area contributed by atoms with Gasteiger partial charge in [0.1, 0.15) is 6.61 Å². The normalized spacial score (nSPS) is 42.6. The minimum atomic E-state index is -4.30. The highest BCUT2D eigenvalue weighted by Gasteiger charge is 2.54. The van der Waals surface area contributed by atoms with Gasteiger partial charge in [-0.3, -0.25) is 0 Å². The van der Waals surface area contributed by atoms with Crippen molar-refractivity contribution in [1.82, 2.24) is 0 Å². The molecule has 110 valence electrons. The monoisotopic (exact) mass is 278 g/mol. The van der Waals surface area contributed by atoms with Gasteiger partial charge in [-0.2, -0.15) is 13.2 Å². The van der Waals surface area contributed by atoms with Gasteiger partial charge >= 0.3 is 6.18 Å². The van der Waals surface area contributed by atoms with Crippen LogP contribution in [0, 0.1) is 23.2 Å². The highest BCUT2D eigenvalue weighted by atomic mass is 19.4. The third-order valence-corrected chi connectivity index (χ3v) is 5.33. The molecule has 0 saturated heterocycles. The van der Waals surface area contributed by atoms with Crippen LogP contribution in [0.4, 0.5) is 13.2 Å². The first kappa shape index (κ1) is 13.7. The molecule has 1 atom stereocenters. The van der Waals surface area contributed by atoms with Crippen LogP contribution in [0.2, 0.25) is 0 Å². The molecule has 2 nitrogen and oxygen atoms in total. The predicted octanol–water partition coefficient (Wildman–Crippen LogP) is 3.14. The van der Waals surface area contributed by atoms with E-state index in [9.17, 15) is 18.3 Å². The second-order valence-electron chi connectivity index (χ2n) is 6.93. The molecule has 4 saturated carbocycles. The maximum Gasteiger partial charge on any atom is 0.411 e. The molecule has 4 aliphatic rings. The molecule has 0 aliphatic heterocycles. The molecule has 0 aromatic rings. The average molecular weight is 278 g/mol. The molecule has 1 unspecified atom stereocenters. The second-order valence-corrected chi connectivity index (χ2v) is 6.93. The summed E-state index contributed by atoms with van der Waals surface area (Å²) in [6, 6.07) is 0. The largest absolute Gasteiger partial charge is 0.411 e. The molecule has 4 bridgehead atoms. The zero-order chi connectivity index (χ0) is 13.7. The zero-order valence-electron chi connectivity index (χ0n) is 11.0. The van der Waals surface area contributed by atoms with E-state index in [2.05, 4.69) is 4.74 Å². The van der Waals surface area contributed by atoms with Crippen LogP contribution in [0.1, 0.15) is 38.5 Å². The molecular formula is C14H21F3O2. The van der Waals surface area contributed by atoms with E-state index in [1.807, 2.05) is 0 Å². The Balaban J connectivity index is 1.58. The summed E-state index contributed by atoms with van der Waals surface area (Å²) in [5.74, 6) is 2.05. The Labute approximate surface area is 111 Å². The smallest absolute Gasteiger partial charge is 0.390 e. The SMILES string of the molecule is OC(COCC(F)(F)F)C12CC3CC(CC(C3)C1)C2. The molecule has 4 aliphatic carbocycles. The summed E-state index contributed by atoms with van der Waals surface area (Å²) in [4.78, 5) is 0. The van der Waals surface area contributed by atoms with E-state index in [1.165, 1.54) is 19.3 Å². The van der Waals surface area contributed by atoms with E-state index in [0.717, 1.165) is 19.3 Å². The van der Waals surface area contributed by atoms with Gasteiger partial charge in [0.2, 0.25) is 0 Å². The highest BCUT2D eigenvalue weighted by molar-refractivity contribution is 5.04. The molecule has 0 heterocycles. The van der Waals surface area contributed by atoms with Crippen molar-refractivity contribution in [1.29, 1.82) is 0 Å². The molecule has 19 heavy (non-hydrogen) atoms. The van der Waals surface area contributed by atoms with Crippen LogP contribution in [0.3, 0.4) is 0 Å². The van der Waals surface area contributed by atoms with Gasteiger partial charge in [-0.15, -0.1) is 0 Å². The summed E-state index contributed by atoms with van der Waals surface area (Å²) >= 11 is 0. The number of hydrogen-bond acceptors (Lipinski definition) is 2. The van der Waals surface area contributed by atoms with E-state index in [1.54, 1.807) is 0 Å². The number of alkyl halides is 3. The van der Waals surface area contributed by atoms with E-state index >= 15 is 0 Å². The molecule has 1 N–H and O–H groups in total. The fourth-order valence-corrected chi connectivity index (χ4v) is 5.05. The van der Waals surface area contributed by atoms with Crippen molar-refractivity contribution in [3.8, 4) is 0 Å². The van der Waals surface area contributed by atoms with Crippen molar-refractivity contribution >= 4 is 0 Å². The average Bonchev–Trinajstić information content (AvgIpc) is 2.25. The Morgan fingerprint density at radius 1 is 1.05 bits per heavy atom. The van der Waals surface area contributed by atoms with Gasteiger partial charge in [0.15, 0.2) is 0 Å². The summed E-state index contributed by atoms with van der Waals surface area (Å²) in [6.45, 7) is -1.43. The third-order valence-electron chi connectivity index (χ3n) is 5.33. The number of rotatable bonds is 4. The lowest BCUT2D eigenvalue weighted by Crippen LogP contribution is -2.53. The minimum absolute atomic E-state index is 0.152. The fourth-order valence-electron chi connectivity index (χ4n) is 5.05. The molecule has 5 heteroatoms. The molecule has 4 fully saturated rings. The number of aliphatic hydroxyl groups excluding tert-OH is 1. The van der Waals surface area contributed by atoms with Crippen LogP contribution >= 0.6 is 0 Å². The van der Waals surface area contributed by atoms with Crippen molar-refractivity contribution in [3.63, 3.8) is 0 Å². The Hall–Kier alpha value is -0.290. The van der Waals surface area contributed by atoms with E-state index in [4.69, 9.17) is 0 Å². The Morgan fingerprint density at radius 2 is 1.53 bits per heavy atom. The minimum Gasteiger partial charge on any atom is -0.390 e. The second kappa shape index (κ2) is 4.62. The van der Waals surface area contributed by atoms with Crippen molar-refractivity contribution in [2.75, 3.05) is 13.2 Å². The van der Waals surface area contributed by atoms with Crippen LogP contribution in [-0.4, -0.2) is 30.6 Å². The summed E-state index contributed by atoms with van der Waals surface area (Å²) in [7, 11) is 0. The van der Waals surface area contributed by atoms with Crippen molar-refractivity contribution in [3.05, 3.63) is 0 Å². The third kappa shape index (κ3) is 2.77. The first-order chi connectivity index (χ1) is 8.86. The lowest BCUT2D eigenvalue weighted by molar-refractivity contribution is -0.193. The fraction of sp³-hybridized carbons (Fsp3) is 1.00. The summed E-state index contributed by atoms with van der Waals surface area (Å²) in [5, 5.41) is 10.3. The molecule has 0 aromatic carbocycles. The quantitative estimate of drug-likeness (QED) is 0.856. The number of aliphatic hydroxyl groups is 1. The van der Waals surface area contributed by atoms with Crippen molar-refractivity contribution < 1.29 is 23.0 Å². The van der Waals surface area contributed by atoms with Crippen LogP contribution in [0.15, 0.2) is 0 Å². The van der Waals surface area contributed by atoms with Gasteiger partial charge in [-0.1, -0.05) is 0 Å². The van der Waals surface area contributed by atoms with Crippen molar-refractivity contribution in [2.45, 2.75) is 50.8 Å². The Morgan fingerprint density at radius 3 is 1.95 bits per heavy atom. The number of hydrogen-bond donors (Lipinski definition) is 1. The summed E-state index contributed by atoms with van der Waals surface area (Å²) in [5.41, 5.74) is -0.152. The topological polar surface area (TPSA) is 29.5 Å². The maximum atomic E-state index is 12.1. The lowest BCUT2D eigenvalue weighted by atomic mass is 9.48. The number of halogens is 3. The van der Waals surface area contributed by atoms with Crippen LogP contribution in [-0.2, 0) is 4.74 Å². The number of ether oxygens (including phenoxy) is 1. The van der Waals surface area contributed by atoms with E-state index < -0.39 is 18.9 Å². The Bertz CT molecular complexity index is 305. The van der Waals surface area contributed by atoms with Gasteiger partial charge in [-0.25, -0.2) is 0 Å². The maximum absolute atomic E-state index is 12.1. The molecule has 0 aromatic heterocycles. The molecular weight excluding hydrogens is 257 g/mol. The molecule has 0 radical (unpaired) electrons. The van der Waals surface area contributed by atoms with Gasteiger partial charge in [0.05, 0.1) is 12.7 Å². The summed E-state index contributed by atoms with van der Waals surface area (Å²) in [6.07, 6.45) is 1.69. The lowest BCUT2D eigenvalue weighted by Gasteiger charge is -2.58. The van der Waals surface area contributed by atoms with Gasteiger partial charge in [0.25, 0.3) is 0 Å².